The molecular weight excluding hydrogens is 266 g/mol. The van der Waals surface area contributed by atoms with E-state index in [0.717, 1.165) is 23.7 Å². The second-order valence-corrected chi connectivity index (χ2v) is 5.38. The molecule has 0 aliphatic rings. The molecule has 0 saturated heterocycles. The molecule has 1 N–H and O–H groups in total. The van der Waals surface area contributed by atoms with E-state index in [1.54, 1.807) is 13.4 Å². The largest absolute Gasteiger partial charge is 0.495 e. The van der Waals surface area contributed by atoms with E-state index < -0.39 is 0 Å². The number of anilines is 2. The van der Waals surface area contributed by atoms with Crippen LogP contribution in [-0.2, 0) is 6.54 Å². The quantitative estimate of drug-likeness (QED) is 0.848. The average Bonchev–Trinajstić information content (AvgIpc) is 2.95. The third-order valence-electron chi connectivity index (χ3n) is 3.13. The molecule has 5 nitrogen and oxygen atoms in total. The number of para-hydroxylation sites is 2. The summed E-state index contributed by atoms with van der Waals surface area (Å²) in [7, 11) is 3.57. The van der Waals surface area contributed by atoms with Crippen molar-refractivity contribution >= 4 is 11.7 Å². The monoisotopic (exact) mass is 289 g/mol. The number of aromatic nitrogens is 1. The summed E-state index contributed by atoms with van der Waals surface area (Å²) in [4.78, 5) is 6.38. The molecule has 0 saturated carbocycles. The summed E-state index contributed by atoms with van der Waals surface area (Å²) in [6.45, 7) is 6.03. The number of oxazole rings is 1. The number of benzene rings is 1. The van der Waals surface area contributed by atoms with E-state index in [1.807, 2.05) is 36.2 Å². The van der Waals surface area contributed by atoms with E-state index in [2.05, 4.69) is 24.1 Å². The van der Waals surface area contributed by atoms with Crippen LogP contribution in [0.3, 0.4) is 0 Å². The highest BCUT2D eigenvalue weighted by Crippen LogP contribution is 2.31. The fourth-order valence-corrected chi connectivity index (χ4v) is 2.03. The van der Waals surface area contributed by atoms with E-state index >= 15 is 0 Å². The smallest absolute Gasteiger partial charge is 0.301 e. The Kier molecular flexibility index (Phi) is 5.22. The zero-order valence-corrected chi connectivity index (χ0v) is 13.1. The first-order valence-electron chi connectivity index (χ1n) is 7.13. The molecule has 0 amide bonds. The Labute approximate surface area is 125 Å². The number of methoxy groups -OCH3 is 1. The van der Waals surface area contributed by atoms with Gasteiger partial charge in [0, 0.05) is 13.6 Å². The molecule has 0 aliphatic carbocycles. The van der Waals surface area contributed by atoms with Crippen LogP contribution in [0.2, 0.25) is 0 Å². The molecule has 0 unspecified atom stereocenters. The summed E-state index contributed by atoms with van der Waals surface area (Å²) in [6, 6.07) is 8.34. The lowest BCUT2D eigenvalue weighted by Gasteiger charge is -2.17. The number of hydrogen-bond acceptors (Lipinski definition) is 5. The predicted octanol–water partition coefficient (Wildman–Crippen LogP) is 3.20. The molecule has 0 atom stereocenters. The highest BCUT2D eigenvalue weighted by Gasteiger charge is 2.14. The van der Waals surface area contributed by atoms with Crippen LogP contribution in [0.1, 0.15) is 19.5 Å². The Morgan fingerprint density at radius 3 is 2.81 bits per heavy atom. The van der Waals surface area contributed by atoms with E-state index in [4.69, 9.17) is 9.15 Å². The van der Waals surface area contributed by atoms with Gasteiger partial charge in [-0.05, 0) is 24.6 Å². The Morgan fingerprint density at radius 1 is 1.33 bits per heavy atom. The fraction of sp³-hybridized carbons (Fsp3) is 0.438. The van der Waals surface area contributed by atoms with Crippen molar-refractivity contribution < 1.29 is 9.15 Å². The third kappa shape index (κ3) is 3.98. The molecule has 21 heavy (non-hydrogen) atoms. The SMILES string of the molecule is COc1ccccc1N(C)c1nc(CNCC(C)C)co1. The molecule has 2 aromatic rings. The Hall–Kier alpha value is -2.01. The van der Waals surface area contributed by atoms with Crippen molar-refractivity contribution in [3.05, 3.63) is 36.2 Å². The maximum absolute atomic E-state index is 5.56. The van der Waals surface area contributed by atoms with Gasteiger partial charge in [-0.2, -0.15) is 4.98 Å². The normalized spacial score (nSPS) is 10.9. The molecule has 1 aromatic heterocycles. The van der Waals surface area contributed by atoms with Gasteiger partial charge in [0.2, 0.25) is 0 Å². The molecule has 0 bridgehead atoms. The lowest BCUT2D eigenvalue weighted by atomic mass is 10.2. The number of hydrogen-bond donors (Lipinski definition) is 1. The lowest BCUT2D eigenvalue weighted by Crippen LogP contribution is -2.19. The van der Waals surface area contributed by atoms with Gasteiger partial charge in [0.25, 0.3) is 0 Å². The zero-order chi connectivity index (χ0) is 15.2. The van der Waals surface area contributed by atoms with Crippen molar-refractivity contribution in [3.8, 4) is 5.75 Å². The van der Waals surface area contributed by atoms with Gasteiger partial charge < -0.3 is 14.5 Å². The van der Waals surface area contributed by atoms with E-state index in [1.165, 1.54) is 0 Å². The molecule has 2 rings (SSSR count). The van der Waals surface area contributed by atoms with E-state index in [-0.39, 0.29) is 0 Å². The molecular formula is C16H23N3O2. The van der Waals surface area contributed by atoms with Crippen molar-refractivity contribution in [3.63, 3.8) is 0 Å². The first kappa shape index (κ1) is 15.4. The molecule has 0 aliphatic heterocycles. The molecule has 0 radical (unpaired) electrons. The van der Waals surface area contributed by atoms with Crippen molar-refractivity contribution in [1.82, 2.24) is 10.3 Å². The number of nitrogens with zero attached hydrogens (tertiary/aromatic N) is 2. The zero-order valence-electron chi connectivity index (χ0n) is 13.1. The van der Waals surface area contributed by atoms with Gasteiger partial charge in [-0.1, -0.05) is 26.0 Å². The Morgan fingerprint density at radius 2 is 2.10 bits per heavy atom. The highest BCUT2D eigenvalue weighted by atomic mass is 16.5. The van der Waals surface area contributed by atoms with Crippen LogP contribution in [0.4, 0.5) is 11.7 Å². The van der Waals surface area contributed by atoms with Crippen LogP contribution in [-0.4, -0.2) is 25.7 Å². The van der Waals surface area contributed by atoms with Crippen LogP contribution in [0, 0.1) is 5.92 Å². The number of ether oxygens (including phenoxy) is 1. The van der Waals surface area contributed by atoms with Gasteiger partial charge in [0.05, 0.1) is 18.5 Å². The molecule has 5 heteroatoms. The summed E-state index contributed by atoms with van der Waals surface area (Å²) in [6.07, 6.45) is 1.69. The molecule has 114 valence electrons. The summed E-state index contributed by atoms with van der Waals surface area (Å²) >= 11 is 0. The van der Waals surface area contributed by atoms with Crippen LogP contribution in [0.5, 0.6) is 5.75 Å². The summed E-state index contributed by atoms with van der Waals surface area (Å²) < 4.78 is 10.9. The molecule has 1 heterocycles. The molecule has 0 fully saturated rings. The van der Waals surface area contributed by atoms with Gasteiger partial charge >= 0.3 is 6.01 Å². The highest BCUT2D eigenvalue weighted by molar-refractivity contribution is 5.63. The van der Waals surface area contributed by atoms with Crippen LogP contribution >= 0.6 is 0 Å². The average molecular weight is 289 g/mol. The maximum atomic E-state index is 5.56. The van der Waals surface area contributed by atoms with Gasteiger partial charge in [-0.15, -0.1) is 0 Å². The van der Waals surface area contributed by atoms with Crippen LogP contribution in [0.25, 0.3) is 0 Å². The Balaban J connectivity index is 2.06. The first-order chi connectivity index (χ1) is 10.1. The minimum Gasteiger partial charge on any atom is -0.495 e. The number of rotatable bonds is 7. The minimum absolute atomic E-state index is 0.556. The summed E-state index contributed by atoms with van der Waals surface area (Å²) in [5, 5.41) is 3.35. The fourth-order valence-electron chi connectivity index (χ4n) is 2.03. The van der Waals surface area contributed by atoms with Crippen molar-refractivity contribution in [2.24, 2.45) is 5.92 Å². The summed E-state index contributed by atoms with van der Waals surface area (Å²) in [5.41, 5.74) is 1.82. The second kappa shape index (κ2) is 7.13. The predicted molar refractivity (Wildman–Crippen MR) is 84.1 cm³/mol. The van der Waals surface area contributed by atoms with Crippen molar-refractivity contribution in [2.45, 2.75) is 20.4 Å². The van der Waals surface area contributed by atoms with Gasteiger partial charge in [0.1, 0.15) is 12.0 Å². The lowest BCUT2D eigenvalue weighted by molar-refractivity contribution is 0.415. The third-order valence-corrected chi connectivity index (χ3v) is 3.13. The maximum Gasteiger partial charge on any atom is 0.301 e. The van der Waals surface area contributed by atoms with Crippen LogP contribution in [0.15, 0.2) is 34.9 Å². The summed E-state index contributed by atoms with van der Waals surface area (Å²) in [5.74, 6) is 1.41. The van der Waals surface area contributed by atoms with Crippen molar-refractivity contribution in [1.29, 1.82) is 0 Å². The van der Waals surface area contributed by atoms with Crippen molar-refractivity contribution in [2.75, 3.05) is 25.6 Å². The van der Waals surface area contributed by atoms with Gasteiger partial charge in [-0.25, -0.2) is 0 Å². The van der Waals surface area contributed by atoms with Crippen LogP contribution < -0.4 is 15.0 Å². The second-order valence-electron chi connectivity index (χ2n) is 5.38. The minimum atomic E-state index is 0.556. The van der Waals surface area contributed by atoms with Gasteiger partial charge in [0.15, 0.2) is 0 Å². The Bertz CT molecular complexity index is 566. The van der Waals surface area contributed by atoms with E-state index in [9.17, 15) is 0 Å². The topological polar surface area (TPSA) is 50.5 Å². The van der Waals surface area contributed by atoms with E-state index in [0.29, 0.717) is 18.5 Å². The first-order valence-corrected chi connectivity index (χ1v) is 7.13. The standard InChI is InChI=1S/C16H23N3O2/c1-12(2)9-17-10-13-11-21-16(18-13)19(3)14-7-5-6-8-15(14)20-4/h5-8,11-12,17H,9-10H2,1-4H3. The number of nitrogens with one attached hydrogen (secondary N) is 1. The van der Waals surface area contributed by atoms with Gasteiger partial charge in [-0.3, -0.25) is 4.90 Å². The molecule has 0 spiro atoms. The molecule has 1 aromatic carbocycles.